The minimum atomic E-state index is 0.0235. The van der Waals surface area contributed by atoms with E-state index < -0.39 is 0 Å². The molecule has 0 aliphatic carbocycles. The van der Waals surface area contributed by atoms with Crippen LogP contribution in [0.4, 0.5) is 0 Å². The second-order valence-corrected chi connectivity index (χ2v) is 4.87. The third-order valence-electron chi connectivity index (χ3n) is 2.96. The maximum atomic E-state index is 12.3. The zero-order valence-corrected chi connectivity index (χ0v) is 11.6. The fourth-order valence-electron chi connectivity index (χ4n) is 1.95. The van der Waals surface area contributed by atoms with E-state index in [1.54, 1.807) is 18.3 Å². The van der Waals surface area contributed by atoms with E-state index in [4.69, 9.17) is 6.42 Å². The molecule has 2 heterocycles. The van der Waals surface area contributed by atoms with Crippen molar-refractivity contribution >= 4 is 21.8 Å². The molecule has 94 valence electrons. The zero-order chi connectivity index (χ0) is 13.0. The third-order valence-corrected chi connectivity index (χ3v) is 3.60. The summed E-state index contributed by atoms with van der Waals surface area (Å²) in [5, 5.41) is 0. The summed E-state index contributed by atoms with van der Waals surface area (Å²) >= 11 is 3.30. The first-order chi connectivity index (χ1) is 8.72. The van der Waals surface area contributed by atoms with Gasteiger partial charge in [-0.2, -0.15) is 0 Å². The van der Waals surface area contributed by atoms with Gasteiger partial charge in [-0.3, -0.25) is 9.69 Å². The van der Waals surface area contributed by atoms with Crippen LogP contribution >= 0.6 is 15.9 Å². The predicted molar refractivity (Wildman–Crippen MR) is 73.1 cm³/mol. The van der Waals surface area contributed by atoms with Crippen LogP contribution in [-0.2, 0) is 0 Å². The normalized spacial score (nSPS) is 16.3. The summed E-state index contributed by atoms with van der Waals surface area (Å²) in [7, 11) is 0. The van der Waals surface area contributed by atoms with Gasteiger partial charge in [0.1, 0.15) is 4.60 Å². The van der Waals surface area contributed by atoms with Crippen LogP contribution in [0.1, 0.15) is 10.4 Å². The number of terminal acetylenes is 1. The molecule has 5 heteroatoms. The van der Waals surface area contributed by atoms with Crippen molar-refractivity contribution in [3.8, 4) is 12.3 Å². The molecule has 1 saturated heterocycles. The van der Waals surface area contributed by atoms with Crippen molar-refractivity contribution in [1.29, 1.82) is 0 Å². The molecule has 1 aliphatic heterocycles. The molecule has 1 aliphatic rings. The van der Waals surface area contributed by atoms with Crippen molar-refractivity contribution in [3.63, 3.8) is 0 Å². The monoisotopic (exact) mass is 307 g/mol. The first-order valence-corrected chi connectivity index (χ1v) is 6.57. The largest absolute Gasteiger partial charge is 0.336 e. The summed E-state index contributed by atoms with van der Waals surface area (Å²) in [5.74, 6) is 2.65. The highest BCUT2D eigenvalue weighted by Gasteiger charge is 2.23. The van der Waals surface area contributed by atoms with Crippen LogP contribution in [-0.4, -0.2) is 53.4 Å². The Morgan fingerprint density at radius 2 is 2.17 bits per heavy atom. The average Bonchev–Trinajstić information content (AvgIpc) is 2.40. The number of hydrogen-bond acceptors (Lipinski definition) is 3. The van der Waals surface area contributed by atoms with E-state index in [0.29, 0.717) is 29.8 Å². The van der Waals surface area contributed by atoms with Crippen LogP contribution < -0.4 is 0 Å². The number of rotatable bonds is 2. The fourth-order valence-corrected chi connectivity index (χ4v) is 2.37. The van der Waals surface area contributed by atoms with Crippen LogP contribution in [0.3, 0.4) is 0 Å². The molecule has 0 radical (unpaired) electrons. The van der Waals surface area contributed by atoms with Crippen molar-refractivity contribution in [1.82, 2.24) is 14.8 Å². The Bertz CT molecular complexity index is 475. The topological polar surface area (TPSA) is 36.4 Å². The molecule has 0 N–H and O–H groups in total. The standard InChI is InChI=1S/C13H14BrN3O/c1-2-6-16-7-9-17(10-8-16)13(18)11-4-3-5-15-12(11)14/h1,3-5H,6-10H2. The molecule has 18 heavy (non-hydrogen) atoms. The van der Waals surface area contributed by atoms with Gasteiger partial charge in [-0.25, -0.2) is 4.98 Å². The number of carbonyl (C=O) groups excluding carboxylic acids is 1. The second kappa shape index (κ2) is 5.98. The molecule has 0 spiro atoms. The maximum absolute atomic E-state index is 12.3. The number of aromatic nitrogens is 1. The lowest BCUT2D eigenvalue weighted by Crippen LogP contribution is -2.48. The number of carbonyl (C=O) groups is 1. The highest BCUT2D eigenvalue weighted by Crippen LogP contribution is 2.16. The average molecular weight is 308 g/mol. The molecular formula is C13H14BrN3O. The first-order valence-electron chi connectivity index (χ1n) is 5.78. The Morgan fingerprint density at radius 1 is 1.44 bits per heavy atom. The van der Waals surface area contributed by atoms with Crippen LogP contribution in [0.5, 0.6) is 0 Å². The van der Waals surface area contributed by atoms with Crippen molar-refractivity contribution < 1.29 is 4.79 Å². The molecule has 0 saturated carbocycles. The molecule has 2 rings (SSSR count). The van der Waals surface area contributed by atoms with Gasteiger partial charge in [-0.1, -0.05) is 5.92 Å². The molecule has 0 atom stereocenters. The van der Waals surface area contributed by atoms with E-state index in [-0.39, 0.29) is 5.91 Å². The molecule has 0 unspecified atom stereocenters. The van der Waals surface area contributed by atoms with Gasteiger partial charge in [0.25, 0.3) is 5.91 Å². The summed E-state index contributed by atoms with van der Waals surface area (Å²) in [4.78, 5) is 20.4. The molecule has 1 fully saturated rings. The third kappa shape index (κ3) is 2.89. The molecule has 1 aromatic heterocycles. The summed E-state index contributed by atoms with van der Waals surface area (Å²) in [5.41, 5.74) is 0.614. The SMILES string of the molecule is C#CCN1CCN(C(=O)c2cccnc2Br)CC1. The Kier molecular flexibility index (Phi) is 4.34. The Morgan fingerprint density at radius 3 is 2.78 bits per heavy atom. The molecule has 0 bridgehead atoms. The van der Waals surface area contributed by atoms with Crippen LogP contribution in [0, 0.1) is 12.3 Å². The van der Waals surface area contributed by atoms with E-state index in [1.807, 2.05) is 4.90 Å². The lowest BCUT2D eigenvalue weighted by Gasteiger charge is -2.33. The molecule has 1 amide bonds. The van der Waals surface area contributed by atoms with Crippen LogP contribution in [0.2, 0.25) is 0 Å². The highest BCUT2D eigenvalue weighted by atomic mass is 79.9. The van der Waals surface area contributed by atoms with Crippen LogP contribution in [0.25, 0.3) is 0 Å². The number of piperazine rings is 1. The van der Waals surface area contributed by atoms with Crippen molar-refractivity contribution in [2.45, 2.75) is 0 Å². The van der Waals surface area contributed by atoms with Gasteiger partial charge >= 0.3 is 0 Å². The van der Waals surface area contributed by atoms with Gasteiger partial charge < -0.3 is 4.90 Å². The van der Waals surface area contributed by atoms with E-state index in [1.165, 1.54) is 0 Å². The smallest absolute Gasteiger partial charge is 0.256 e. The Labute approximate surface area is 115 Å². The summed E-state index contributed by atoms with van der Waals surface area (Å²) in [6, 6.07) is 3.56. The van der Waals surface area contributed by atoms with E-state index in [9.17, 15) is 4.79 Å². The fraction of sp³-hybridized carbons (Fsp3) is 0.385. The zero-order valence-electron chi connectivity index (χ0n) is 9.97. The van der Waals surface area contributed by atoms with E-state index >= 15 is 0 Å². The maximum Gasteiger partial charge on any atom is 0.256 e. The minimum absolute atomic E-state index is 0.0235. The highest BCUT2D eigenvalue weighted by molar-refractivity contribution is 9.10. The van der Waals surface area contributed by atoms with Gasteiger partial charge in [-0.15, -0.1) is 6.42 Å². The second-order valence-electron chi connectivity index (χ2n) is 4.11. The molecule has 1 aromatic rings. The summed E-state index contributed by atoms with van der Waals surface area (Å²) < 4.78 is 0.598. The van der Waals surface area contributed by atoms with E-state index in [2.05, 4.69) is 31.7 Å². The number of pyridine rings is 1. The van der Waals surface area contributed by atoms with Crippen molar-refractivity contribution in [2.24, 2.45) is 0 Å². The number of amides is 1. The lowest BCUT2D eigenvalue weighted by molar-refractivity contribution is 0.0651. The first kappa shape index (κ1) is 13.1. The lowest BCUT2D eigenvalue weighted by atomic mass is 10.2. The summed E-state index contributed by atoms with van der Waals surface area (Å²) in [6.07, 6.45) is 6.94. The quantitative estimate of drug-likeness (QED) is 0.609. The minimum Gasteiger partial charge on any atom is -0.336 e. The van der Waals surface area contributed by atoms with Gasteiger partial charge in [0.05, 0.1) is 12.1 Å². The van der Waals surface area contributed by atoms with Gasteiger partial charge in [0.2, 0.25) is 0 Å². The Hall–Kier alpha value is -1.38. The van der Waals surface area contributed by atoms with Crippen molar-refractivity contribution in [3.05, 3.63) is 28.5 Å². The Balaban J connectivity index is 2.00. The van der Waals surface area contributed by atoms with Gasteiger partial charge in [0.15, 0.2) is 0 Å². The van der Waals surface area contributed by atoms with E-state index in [0.717, 1.165) is 13.1 Å². The van der Waals surface area contributed by atoms with Gasteiger partial charge in [0, 0.05) is 32.4 Å². The van der Waals surface area contributed by atoms with Gasteiger partial charge in [-0.05, 0) is 28.1 Å². The van der Waals surface area contributed by atoms with Crippen molar-refractivity contribution in [2.75, 3.05) is 32.7 Å². The predicted octanol–water partition coefficient (Wildman–Crippen LogP) is 1.24. The number of hydrogen-bond donors (Lipinski definition) is 0. The molecule has 0 aromatic carbocycles. The van der Waals surface area contributed by atoms with Crippen LogP contribution in [0.15, 0.2) is 22.9 Å². The number of halogens is 1. The molecule has 4 nitrogen and oxygen atoms in total. The molecular weight excluding hydrogens is 294 g/mol. The summed E-state index contributed by atoms with van der Waals surface area (Å²) in [6.45, 7) is 3.73. The number of nitrogens with zero attached hydrogens (tertiary/aromatic N) is 3.